The highest BCUT2D eigenvalue weighted by Gasteiger charge is 2.40. The van der Waals surface area contributed by atoms with Crippen molar-refractivity contribution >= 4 is 23.5 Å². The summed E-state index contributed by atoms with van der Waals surface area (Å²) < 4.78 is 10.8. The van der Waals surface area contributed by atoms with Gasteiger partial charge in [-0.25, -0.2) is 0 Å². The number of ether oxygens (including phenoxy) is 2. The van der Waals surface area contributed by atoms with Gasteiger partial charge in [0, 0.05) is 32.7 Å². The molecule has 2 N–H and O–H groups in total. The Hall–Kier alpha value is -2.61. The van der Waals surface area contributed by atoms with E-state index >= 15 is 0 Å². The summed E-state index contributed by atoms with van der Waals surface area (Å²) in [7, 11) is 0. The number of hydrogen-bond acceptors (Lipinski definition) is 5. The number of aliphatic carboxylic acids is 1. The molecule has 0 saturated carbocycles. The number of para-hydroxylation sites is 2. The fraction of sp³-hybridized carbons (Fsp3) is 0.526. The van der Waals surface area contributed by atoms with Gasteiger partial charge in [-0.15, -0.1) is 0 Å². The van der Waals surface area contributed by atoms with Gasteiger partial charge in [-0.05, 0) is 31.9 Å². The van der Waals surface area contributed by atoms with Gasteiger partial charge < -0.3 is 24.8 Å². The van der Waals surface area contributed by atoms with Crippen LogP contribution in [0.15, 0.2) is 24.3 Å². The van der Waals surface area contributed by atoms with Gasteiger partial charge in [0.1, 0.15) is 5.75 Å². The SMILES string of the molecule is CC1Oc2ccccc2N(CCC(=O)NCC2(C(=O)O)CCOCC2)C1=O. The summed E-state index contributed by atoms with van der Waals surface area (Å²) in [6.07, 6.45) is 0.213. The molecule has 0 spiro atoms. The summed E-state index contributed by atoms with van der Waals surface area (Å²) in [5.41, 5.74) is -0.344. The number of fused-ring (bicyclic) bond motifs is 1. The van der Waals surface area contributed by atoms with Gasteiger partial charge in [0.2, 0.25) is 5.91 Å². The predicted molar refractivity (Wildman–Crippen MR) is 96.6 cm³/mol. The van der Waals surface area contributed by atoms with E-state index in [2.05, 4.69) is 5.32 Å². The second kappa shape index (κ2) is 7.96. The summed E-state index contributed by atoms with van der Waals surface area (Å²) in [5.74, 6) is -0.797. The summed E-state index contributed by atoms with van der Waals surface area (Å²) in [5, 5.41) is 12.3. The van der Waals surface area contributed by atoms with Gasteiger partial charge in [-0.3, -0.25) is 14.4 Å². The molecule has 0 radical (unpaired) electrons. The largest absolute Gasteiger partial charge is 0.481 e. The topological polar surface area (TPSA) is 105 Å². The average Bonchev–Trinajstić information content (AvgIpc) is 2.67. The van der Waals surface area contributed by atoms with Crippen molar-refractivity contribution in [3.05, 3.63) is 24.3 Å². The first-order valence-corrected chi connectivity index (χ1v) is 9.08. The molecular formula is C19H24N2O6. The van der Waals surface area contributed by atoms with Crippen molar-refractivity contribution in [1.82, 2.24) is 5.32 Å². The fourth-order valence-corrected chi connectivity index (χ4v) is 3.39. The zero-order valence-electron chi connectivity index (χ0n) is 15.3. The molecule has 1 atom stereocenters. The van der Waals surface area contributed by atoms with E-state index in [0.717, 1.165) is 0 Å². The molecule has 146 valence electrons. The molecule has 3 rings (SSSR count). The maximum Gasteiger partial charge on any atom is 0.311 e. The molecule has 8 nitrogen and oxygen atoms in total. The van der Waals surface area contributed by atoms with Crippen molar-refractivity contribution in [1.29, 1.82) is 0 Å². The molecule has 1 fully saturated rings. The Morgan fingerprint density at radius 3 is 2.70 bits per heavy atom. The zero-order chi connectivity index (χ0) is 19.4. The van der Waals surface area contributed by atoms with Crippen molar-refractivity contribution in [3.63, 3.8) is 0 Å². The van der Waals surface area contributed by atoms with Crippen LogP contribution in [0.3, 0.4) is 0 Å². The Morgan fingerprint density at radius 1 is 1.30 bits per heavy atom. The molecule has 2 amide bonds. The normalized spacial score (nSPS) is 21.1. The number of amides is 2. The van der Waals surface area contributed by atoms with E-state index in [0.29, 0.717) is 37.5 Å². The Labute approximate surface area is 157 Å². The van der Waals surface area contributed by atoms with Crippen molar-refractivity contribution < 1.29 is 29.0 Å². The Balaban J connectivity index is 1.59. The van der Waals surface area contributed by atoms with Crippen molar-refractivity contribution in [2.75, 3.05) is 31.2 Å². The van der Waals surface area contributed by atoms with Crippen LogP contribution in [-0.2, 0) is 19.1 Å². The van der Waals surface area contributed by atoms with Gasteiger partial charge in [0.15, 0.2) is 6.10 Å². The summed E-state index contributed by atoms with van der Waals surface area (Å²) in [4.78, 5) is 37.9. The second-order valence-electron chi connectivity index (χ2n) is 6.94. The highest BCUT2D eigenvalue weighted by atomic mass is 16.5. The van der Waals surface area contributed by atoms with E-state index in [1.807, 2.05) is 6.07 Å². The molecule has 8 heteroatoms. The lowest BCUT2D eigenvalue weighted by molar-refractivity contribution is -0.154. The van der Waals surface area contributed by atoms with Crippen LogP contribution in [0.4, 0.5) is 5.69 Å². The van der Waals surface area contributed by atoms with E-state index in [1.165, 1.54) is 0 Å². The van der Waals surface area contributed by atoms with E-state index in [-0.39, 0.29) is 31.3 Å². The minimum Gasteiger partial charge on any atom is -0.481 e. The molecule has 2 aliphatic heterocycles. The molecule has 2 aliphatic rings. The van der Waals surface area contributed by atoms with E-state index in [1.54, 1.807) is 30.0 Å². The number of carbonyl (C=O) groups excluding carboxylic acids is 2. The highest BCUT2D eigenvalue weighted by Crippen LogP contribution is 2.33. The number of hydrogen-bond donors (Lipinski definition) is 2. The molecule has 1 aromatic rings. The number of carbonyl (C=O) groups is 3. The first-order chi connectivity index (χ1) is 12.9. The number of anilines is 1. The van der Waals surface area contributed by atoms with Gasteiger partial charge in [0.05, 0.1) is 11.1 Å². The molecule has 0 aromatic heterocycles. The molecule has 1 unspecified atom stereocenters. The van der Waals surface area contributed by atoms with Gasteiger partial charge in [-0.2, -0.15) is 0 Å². The molecular weight excluding hydrogens is 352 g/mol. The third-order valence-corrected chi connectivity index (χ3v) is 5.16. The van der Waals surface area contributed by atoms with Crippen LogP contribution in [0.1, 0.15) is 26.2 Å². The highest BCUT2D eigenvalue weighted by molar-refractivity contribution is 6.00. The minimum atomic E-state index is -0.982. The predicted octanol–water partition coefficient (Wildman–Crippen LogP) is 1.19. The third-order valence-electron chi connectivity index (χ3n) is 5.16. The molecule has 2 heterocycles. The summed E-state index contributed by atoms with van der Waals surface area (Å²) >= 11 is 0. The van der Waals surface area contributed by atoms with E-state index < -0.39 is 17.5 Å². The van der Waals surface area contributed by atoms with Gasteiger partial charge >= 0.3 is 5.97 Å². The monoisotopic (exact) mass is 376 g/mol. The molecule has 27 heavy (non-hydrogen) atoms. The Kier molecular flexibility index (Phi) is 5.65. The molecule has 0 aliphatic carbocycles. The molecule has 1 aromatic carbocycles. The van der Waals surface area contributed by atoms with Crippen LogP contribution in [-0.4, -0.2) is 55.3 Å². The lowest BCUT2D eigenvalue weighted by atomic mass is 9.80. The van der Waals surface area contributed by atoms with Gasteiger partial charge in [0.25, 0.3) is 5.91 Å². The van der Waals surface area contributed by atoms with Crippen molar-refractivity contribution in [2.45, 2.75) is 32.3 Å². The standard InChI is InChI=1S/C19H24N2O6/c1-13-17(23)21(14-4-2-3-5-15(14)27-13)9-6-16(22)20-12-19(18(24)25)7-10-26-11-8-19/h2-5,13H,6-12H2,1H3,(H,20,22)(H,24,25). The smallest absolute Gasteiger partial charge is 0.311 e. The summed E-state index contributed by atoms with van der Waals surface area (Å²) in [6, 6.07) is 7.19. The first kappa shape index (κ1) is 19.2. The minimum absolute atomic E-state index is 0.0641. The van der Waals surface area contributed by atoms with Crippen LogP contribution in [0.5, 0.6) is 5.75 Å². The van der Waals surface area contributed by atoms with Crippen LogP contribution >= 0.6 is 0 Å². The van der Waals surface area contributed by atoms with Crippen LogP contribution in [0.2, 0.25) is 0 Å². The third kappa shape index (κ3) is 4.05. The average molecular weight is 376 g/mol. The quantitative estimate of drug-likeness (QED) is 0.773. The lowest BCUT2D eigenvalue weighted by Gasteiger charge is -2.34. The molecule has 0 bridgehead atoms. The number of carboxylic acids is 1. The Bertz CT molecular complexity index is 729. The number of rotatable bonds is 6. The second-order valence-corrected chi connectivity index (χ2v) is 6.94. The van der Waals surface area contributed by atoms with E-state index in [4.69, 9.17) is 9.47 Å². The fourth-order valence-electron chi connectivity index (χ4n) is 3.39. The van der Waals surface area contributed by atoms with Crippen molar-refractivity contribution in [3.8, 4) is 5.75 Å². The maximum atomic E-state index is 12.4. The number of nitrogens with zero attached hydrogens (tertiary/aromatic N) is 1. The number of benzene rings is 1. The maximum absolute atomic E-state index is 12.4. The first-order valence-electron chi connectivity index (χ1n) is 9.08. The summed E-state index contributed by atoms with van der Waals surface area (Å²) in [6.45, 7) is 2.69. The van der Waals surface area contributed by atoms with Crippen LogP contribution < -0.4 is 15.0 Å². The molecule has 1 saturated heterocycles. The van der Waals surface area contributed by atoms with Crippen molar-refractivity contribution in [2.24, 2.45) is 5.41 Å². The zero-order valence-corrected chi connectivity index (χ0v) is 15.3. The number of carboxylic acid groups (broad SMARTS) is 1. The van der Waals surface area contributed by atoms with Crippen LogP contribution in [0.25, 0.3) is 0 Å². The Morgan fingerprint density at radius 2 is 2.00 bits per heavy atom. The number of nitrogens with one attached hydrogen (secondary N) is 1. The van der Waals surface area contributed by atoms with Gasteiger partial charge in [-0.1, -0.05) is 12.1 Å². The van der Waals surface area contributed by atoms with Crippen LogP contribution in [0, 0.1) is 5.41 Å². The van der Waals surface area contributed by atoms with E-state index in [9.17, 15) is 19.5 Å². The lowest BCUT2D eigenvalue weighted by Crippen LogP contribution is -2.48.